The highest BCUT2D eigenvalue weighted by Gasteiger charge is 2.01. The Morgan fingerprint density at radius 2 is 1.68 bits per heavy atom. The van der Waals surface area contributed by atoms with E-state index in [1.54, 1.807) is 12.1 Å². The Bertz CT molecular complexity index is 595. The average molecular weight is 367 g/mol. The lowest BCUT2D eigenvalue weighted by atomic mass is 10.1. The van der Waals surface area contributed by atoms with Gasteiger partial charge in [-0.2, -0.15) is 0 Å². The summed E-state index contributed by atoms with van der Waals surface area (Å²) in [6.45, 7) is 7.87. The second-order valence-electron chi connectivity index (χ2n) is 6.54. The summed E-state index contributed by atoms with van der Waals surface area (Å²) in [5.74, 6) is 0. The number of benzene rings is 1. The molecule has 0 saturated carbocycles. The van der Waals surface area contributed by atoms with Gasteiger partial charge in [0.2, 0.25) is 10.0 Å². The highest BCUT2D eigenvalue weighted by molar-refractivity contribution is 7.92. The van der Waals surface area contributed by atoms with E-state index in [9.17, 15) is 8.42 Å². The maximum atomic E-state index is 11.2. The fraction of sp³-hybridized carbons (Fsp3) is 0.600. The number of hydrogen-bond donors (Lipinski definition) is 1. The first-order valence-electron chi connectivity index (χ1n) is 9.41. The maximum Gasteiger partial charge on any atom is 0.229 e. The van der Waals surface area contributed by atoms with Crippen LogP contribution < -0.4 is 4.72 Å². The van der Waals surface area contributed by atoms with Gasteiger partial charge >= 0.3 is 0 Å². The molecule has 142 valence electrons. The number of unbranched alkanes of at least 4 members (excludes halogenated alkanes) is 4. The van der Waals surface area contributed by atoms with Crippen LogP contribution in [0.3, 0.4) is 0 Å². The van der Waals surface area contributed by atoms with Gasteiger partial charge in [-0.15, -0.1) is 0 Å². The SMILES string of the molecule is CCCCCCCN(CC)CCC=Cc1ccc(NS(C)(=O)=O)cc1. The third-order valence-electron chi connectivity index (χ3n) is 4.16. The summed E-state index contributed by atoms with van der Waals surface area (Å²) in [6, 6.07) is 7.43. The summed E-state index contributed by atoms with van der Waals surface area (Å²) in [4.78, 5) is 2.51. The number of anilines is 1. The molecule has 0 radical (unpaired) electrons. The fourth-order valence-corrected chi connectivity index (χ4v) is 3.28. The van der Waals surface area contributed by atoms with Crippen LogP contribution in [0.5, 0.6) is 0 Å². The standard InChI is InChI=1S/C20H34N2O2S/c1-4-6-7-8-10-17-22(5-2)18-11-9-12-19-13-15-20(16-14-19)21-25(3,23)24/h9,12-16,21H,4-8,10-11,17-18H2,1-3H3. The molecule has 0 atom stereocenters. The normalized spacial score (nSPS) is 12.2. The molecule has 5 heteroatoms. The summed E-state index contributed by atoms with van der Waals surface area (Å²) in [7, 11) is -3.21. The van der Waals surface area contributed by atoms with Gasteiger partial charge in [0.1, 0.15) is 0 Å². The van der Waals surface area contributed by atoms with E-state index in [0.29, 0.717) is 5.69 Å². The van der Waals surface area contributed by atoms with Crippen LogP contribution in [0.15, 0.2) is 30.3 Å². The molecule has 0 aliphatic heterocycles. The molecule has 0 unspecified atom stereocenters. The van der Waals surface area contributed by atoms with Gasteiger partial charge in [-0.05, 0) is 43.6 Å². The second kappa shape index (κ2) is 12.1. The third kappa shape index (κ3) is 11.0. The Balaban J connectivity index is 2.31. The van der Waals surface area contributed by atoms with E-state index in [4.69, 9.17) is 0 Å². The van der Waals surface area contributed by atoms with Crippen molar-refractivity contribution in [2.75, 3.05) is 30.6 Å². The van der Waals surface area contributed by atoms with Crippen molar-refractivity contribution in [3.05, 3.63) is 35.9 Å². The Kier molecular flexibility index (Phi) is 10.5. The summed E-state index contributed by atoms with van der Waals surface area (Å²) >= 11 is 0. The highest BCUT2D eigenvalue weighted by Crippen LogP contribution is 2.12. The minimum Gasteiger partial charge on any atom is -0.303 e. The molecule has 1 rings (SSSR count). The summed E-state index contributed by atoms with van der Waals surface area (Å²) in [6.07, 6.45) is 13.1. The van der Waals surface area contributed by atoms with E-state index in [1.165, 1.54) is 38.6 Å². The van der Waals surface area contributed by atoms with Gasteiger partial charge in [-0.1, -0.05) is 63.8 Å². The molecule has 25 heavy (non-hydrogen) atoms. The first-order valence-corrected chi connectivity index (χ1v) is 11.3. The Morgan fingerprint density at radius 3 is 2.28 bits per heavy atom. The molecule has 0 bridgehead atoms. The number of rotatable bonds is 13. The molecule has 1 N–H and O–H groups in total. The molecule has 0 aliphatic carbocycles. The van der Waals surface area contributed by atoms with Crippen LogP contribution >= 0.6 is 0 Å². The van der Waals surface area contributed by atoms with Crippen molar-refractivity contribution in [1.29, 1.82) is 0 Å². The van der Waals surface area contributed by atoms with E-state index in [1.807, 2.05) is 12.1 Å². The predicted molar refractivity (Wildman–Crippen MR) is 109 cm³/mol. The number of nitrogens with zero attached hydrogens (tertiary/aromatic N) is 1. The Hall–Kier alpha value is -1.33. The topological polar surface area (TPSA) is 49.4 Å². The van der Waals surface area contributed by atoms with Crippen LogP contribution in [-0.4, -0.2) is 39.2 Å². The first kappa shape index (κ1) is 21.7. The Labute approximate surface area is 154 Å². The predicted octanol–water partition coefficient (Wildman–Crippen LogP) is 4.75. The largest absolute Gasteiger partial charge is 0.303 e. The summed E-state index contributed by atoms with van der Waals surface area (Å²) in [5.41, 5.74) is 1.68. The molecule has 0 aromatic heterocycles. The molecule has 0 aliphatic rings. The number of nitrogens with one attached hydrogen (secondary N) is 1. The van der Waals surface area contributed by atoms with E-state index < -0.39 is 10.0 Å². The van der Waals surface area contributed by atoms with E-state index >= 15 is 0 Å². The van der Waals surface area contributed by atoms with Gasteiger partial charge in [-0.25, -0.2) is 8.42 Å². The molecule has 0 amide bonds. The van der Waals surface area contributed by atoms with Crippen molar-refractivity contribution in [3.8, 4) is 0 Å². The number of hydrogen-bond acceptors (Lipinski definition) is 3. The maximum absolute atomic E-state index is 11.2. The lowest BCUT2D eigenvalue weighted by Crippen LogP contribution is -2.25. The van der Waals surface area contributed by atoms with Crippen LogP contribution in [-0.2, 0) is 10.0 Å². The lowest BCUT2D eigenvalue weighted by molar-refractivity contribution is 0.286. The molecule has 0 fully saturated rings. The molecule has 1 aromatic rings. The monoisotopic (exact) mass is 366 g/mol. The molecule has 1 aromatic carbocycles. The quantitative estimate of drug-likeness (QED) is 0.512. The van der Waals surface area contributed by atoms with Crippen molar-refractivity contribution < 1.29 is 8.42 Å². The average Bonchev–Trinajstić information content (AvgIpc) is 2.56. The van der Waals surface area contributed by atoms with E-state index in [2.05, 4.69) is 35.6 Å². The molecule has 0 saturated heterocycles. The van der Waals surface area contributed by atoms with Gasteiger partial charge in [0.15, 0.2) is 0 Å². The smallest absolute Gasteiger partial charge is 0.229 e. The zero-order chi connectivity index (χ0) is 18.5. The minimum atomic E-state index is -3.21. The van der Waals surface area contributed by atoms with E-state index in [-0.39, 0.29) is 0 Å². The fourth-order valence-electron chi connectivity index (χ4n) is 2.72. The van der Waals surface area contributed by atoms with Crippen molar-refractivity contribution in [3.63, 3.8) is 0 Å². The molecular formula is C20H34N2O2S. The summed E-state index contributed by atoms with van der Waals surface area (Å²) < 4.78 is 24.8. The molecule has 4 nitrogen and oxygen atoms in total. The third-order valence-corrected chi connectivity index (χ3v) is 4.77. The zero-order valence-electron chi connectivity index (χ0n) is 16.0. The zero-order valence-corrected chi connectivity index (χ0v) is 16.8. The van der Waals surface area contributed by atoms with Crippen molar-refractivity contribution in [1.82, 2.24) is 4.90 Å². The Morgan fingerprint density at radius 1 is 1.00 bits per heavy atom. The van der Waals surface area contributed by atoms with Crippen LogP contribution in [0.4, 0.5) is 5.69 Å². The lowest BCUT2D eigenvalue weighted by Gasteiger charge is -2.19. The van der Waals surface area contributed by atoms with Gasteiger partial charge < -0.3 is 4.90 Å². The second-order valence-corrected chi connectivity index (χ2v) is 8.28. The van der Waals surface area contributed by atoms with Crippen LogP contribution in [0.2, 0.25) is 0 Å². The number of sulfonamides is 1. The van der Waals surface area contributed by atoms with Crippen LogP contribution in [0.25, 0.3) is 6.08 Å². The van der Waals surface area contributed by atoms with Gasteiger partial charge in [0.25, 0.3) is 0 Å². The first-order chi connectivity index (χ1) is 11.9. The van der Waals surface area contributed by atoms with Crippen LogP contribution in [0.1, 0.15) is 57.9 Å². The van der Waals surface area contributed by atoms with Gasteiger partial charge in [0, 0.05) is 12.2 Å². The van der Waals surface area contributed by atoms with Gasteiger partial charge in [-0.3, -0.25) is 4.72 Å². The van der Waals surface area contributed by atoms with Crippen molar-refractivity contribution in [2.45, 2.75) is 52.4 Å². The highest BCUT2D eigenvalue weighted by atomic mass is 32.2. The van der Waals surface area contributed by atoms with Gasteiger partial charge in [0.05, 0.1) is 6.26 Å². The minimum absolute atomic E-state index is 0.597. The van der Waals surface area contributed by atoms with Crippen LogP contribution in [0, 0.1) is 0 Å². The van der Waals surface area contributed by atoms with E-state index in [0.717, 1.165) is 31.3 Å². The molecular weight excluding hydrogens is 332 g/mol. The summed E-state index contributed by atoms with van der Waals surface area (Å²) in [5, 5.41) is 0. The molecule has 0 spiro atoms. The van der Waals surface area contributed by atoms with Crippen molar-refractivity contribution in [2.24, 2.45) is 0 Å². The van der Waals surface area contributed by atoms with Crippen molar-refractivity contribution >= 4 is 21.8 Å². The molecule has 0 heterocycles.